The van der Waals surface area contributed by atoms with Gasteiger partial charge in [0.1, 0.15) is 5.75 Å². The molecule has 112 valence electrons. The summed E-state index contributed by atoms with van der Waals surface area (Å²) in [6.45, 7) is 2.52. The second kappa shape index (κ2) is 7.65. The van der Waals surface area contributed by atoms with Crippen LogP contribution >= 0.6 is 0 Å². The van der Waals surface area contributed by atoms with Crippen molar-refractivity contribution in [2.75, 3.05) is 13.7 Å². The number of nitrogens with one attached hydrogen (secondary N) is 1. The molecule has 20 heavy (non-hydrogen) atoms. The van der Waals surface area contributed by atoms with Crippen molar-refractivity contribution in [3.05, 3.63) is 29.8 Å². The van der Waals surface area contributed by atoms with E-state index in [0.29, 0.717) is 24.6 Å². The molecule has 0 amide bonds. The van der Waals surface area contributed by atoms with Crippen molar-refractivity contribution < 1.29 is 9.84 Å². The molecule has 0 aromatic heterocycles. The van der Waals surface area contributed by atoms with E-state index in [-0.39, 0.29) is 0 Å². The van der Waals surface area contributed by atoms with Crippen LogP contribution < -0.4 is 10.1 Å². The fraction of sp³-hybridized carbons (Fsp3) is 0.647. The Labute approximate surface area is 122 Å². The van der Waals surface area contributed by atoms with Gasteiger partial charge < -0.3 is 15.2 Å². The molecule has 3 nitrogen and oxygen atoms in total. The molecule has 2 N–H and O–H groups in total. The minimum atomic E-state index is 0.305. The van der Waals surface area contributed by atoms with Gasteiger partial charge in [-0.2, -0.15) is 0 Å². The van der Waals surface area contributed by atoms with E-state index in [4.69, 9.17) is 4.74 Å². The Hall–Kier alpha value is -1.06. The van der Waals surface area contributed by atoms with Gasteiger partial charge in [-0.15, -0.1) is 0 Å². The molecule has 3 atom stereocenters. The van der Waals surface area contributed by atoms with Crippen molar-refractivity contribution in [1.82, 2.24) is 5.32 Å². The van der Waals surface area contributed by atoms with Gasteiger partial charge in [-0.25, -0.2) is 0 Å². The van der Waals surface area contributed by atoms with Gasteiger partial charge in [-0.1, -0.05) is 31.0 Å². The lowest BCUT2D eigenvalue weighted by molar-refractivity contribution is 0.147. The van der Waals surface area contributed by atoms with Crippen LogP contribution in [0.15, 0.2) is 24.3 Å². The third kappa shape index (κ3) is 3.97. The number of aliphatic hydroxyl groups excluding tert-OH is 1. The number of para-hydroxylation sites is 1. The summed E-state index contributed by atoms with van der Waals surface area (Å²) in [6.07, 6.45) is 5.82. The van der Waals surface area contributed by atoms with Gasteiger partial charge in [0.15, 0.2) is 0 Å². The fourth-order valence-electron chi connectivity index (χ4n) is 3.27. The van der Waals surface area contributed by atoms with Crippen molar-refractivity contribution in [2.45, 2.75) is 51.1 Å². The van der Waals surface area contributed by atoms with Crippen molar-refractivity contribution in [2.24, 2.45) is 5.92 Å². The number of hydrogen-bond donors (Lipinski definition) is 2. The topological polar surface area (TPSA) is 41.5 Å². The van der Waals surface area contributed by atoms with Gasteiger partial charge in [0.2, 0.25) is 0 Å². The number of aliphatic hydroxyl groups is 1. The Bertz CT molecular complexity index is 408. The molecular formula is C17H27NO2. The smallest absolute Gasteiger partial charge is 0.122 e. The molecule has 1 aromatic rings. The lowest BCUT2D eigenvalue weighted by Gasteiger charge is -2.33. The van der Waals surface area contributed by atoms with Crippen molar-refractivity contribution in [3.8, 4) is 5.75 Å². The first-order valence-corrected chi connectivity index (χ1v) is 7.73. The van der Waals surface area contributed by atoms with E-state index in [0.717, 1.165) is 18.6 Å². The molecule has 2 rings (SSSR count). The molecule has 0 bridgehead atoms. The number of methoxy groups -OCH3 is 1. The molecule has 1 fully saturated rings. The molecule has 0 heterocycles. The number of hydrogen-bond acceptors (Lipinski definition) is 3. The summed E-state index contributed by atoms with van der Waals surface area (Å²) >= 11 is 0. The molecule has 3 unspecified atom stereocenters. The van der Waals surface area contributed by atoms with Crippen LogP contribution in [0, 0.1) is 5.92 Å². The summed E-state index contributed by atoms with van der Waals surface area (Å²) < 4.78 is 5.41. The fourth-order valence-corrected chi connectivity index (χ4v) is 3.27. The third-order valence-electron chi connectivity index (χ3n) is 4.36. The highest BCUT2D eigenvalue weighted by atomic mass is 16.5. The monoisotopic (exact) mass is 277 g/mol. The van der Waals surface area contributed by atoms with Gasteiger partial charge in [-0.05, 0) is 43.7 Å². The Morgan fingerprint density at radius 3 is 2.80 bits per heavy atom. The highest BCUT2D eigenvalue weighted by Gasteiger charge is 2.25. The van der Waals surface area contributed by atoms with Crippen LogP contribution in [0.25, 0.3) is 0 Å². The lowest BCUT2D eigenvalue weighted by atomic mass is 9.84. The second-order valence-electron chi connectivity index (χ2n) is 5.92. The van der Waals surface area contributed by atoms with Crippen molar-refractivity contribution in [1.29, 1.82) is 0 Å². The molecule has 0 saturated heterocycles. The predicted octanol–water partition coefficient (Wildman–Crippen LogP) is 2.77. The summed E-state index contributed by atoms with van der Waals surface area (Å²) in [5.41, 5.74) is 1.24. The van der Waals surface area contributed by atoms with Gasteiger partial charge in [0, 0.05) is 18.7 Å². The van der Waals surface area contributed by atoms with Crippen molar-refractivity contribution in [3.63, 3.8) is 0 Å². The minimum Gasteiger partial charge on any atom is -0.496 e. The van der Waals surface area contributed by atoms with E-state index < -0.39 is 0 Å². The molecule has 1 aliphatic carbocycles. The van der Waals surface area contributed by atoms with E-state index >= 15 is 0 Å². The highest BCUT2D eigenvalue weighted by Crippen LogP contribution is 2.25. The highest BCUT2D eigenvalue weighted by molar-refractivity contribution is 5.33. The second-order valence-corrected chi connectivity index (χ2v) is 5.92. The molecule has 0 spiro atoms. The van der Waals surface area contributed by atoms with E-state index in [9.17, 15) is 5.11 Å². The summed E-state index contributed by atoms with van der Waals surface area (Å²) in [4.78, 5) is 0. The number of rotatable bonds is 6. The number of benzene rings is 1. The first-order chi connectivity index (χ1) is 9.74. The van der Waals surface area contributed by atoms with Gasteiger partial charge in [0.25, 0.3) is 0 Å². The maximum absolute atomic E-state index is 9.49. The quantitative estimate of drug-likeness (QED) is 0.840. The van der Waals surface area contributed by atoms with Crippen LogP contribution in [0.1, 0.15) is 38.2 Å². The molecule has 1 aliphatic rings. The van der Waals surface area contributed by atoms with Crippen LogP contribution in [0.4, 0.5) is 0 Å². The summed E-state index contributed by atoms with van der Waals surface area (Å²) in [5.74, 6) is 1.38. The normalized spacial score (nSPS) is 24.4. The average molecular weight is 277 g/mol. The average Bonchev–Trinajstić information content (AvgIpc) is 2.48. The van der Waals surface area contributed by atoms with Crippen LogP contribution in [0.2, 0.25) is 0 Å². The van der Waals surface area contributed by atoms with E-state index in [1.807, 2.05) is 12.1 Å². The Balaban J connectivity index is 1.92. The molecule has 1 aromatic carbocycles. The molecule has 0 radical (unpaired) electrons. The molecule has 0 aliphatic heterocycles. The zero-order valence-corrected chi connectivity index (χ0v) is 12.6. The zero-order valence-electron chi connectivity index (χ0n) is 12.6. The molecular weight excluding hydrogens is 250 g/mol. The maximum Gasteiger partial charge on any atom is 0.122 e. The summed E-state index contributed by atoms with van der Waals surface area (Å²) in [7, 11) is 1.72. The molecule has 1 saturated carbocycles. The van der Waals surface area contributed by atoms with Crippen LogP contribution in [-0.2, 0) is 6.42 Å². The largest absolute Gasteiger partial charge is 0.496 e. The summed E-state index contributed by atoms with van der Waals surface area (Å²) in [6, 6.07) is 9.05. The van der Waals surface area contributed by atoms with Gasteiger partial charge in [0.05, 0.1) is 7.11 Å². The first-order valence-electron chi connectivity index (χ1n) is 7.73. The minimum absolute atomic E-state index is 0.305. The van der Waals surface area contributed by atoms with Crippen LogP contribution in [0.3, 0.4) is 0 Å². The Kier molecular flexibility index (Phi) is 5.86. The van der Waals surface area contributed by atoms with Crippen LogP contribution in [-0.4, -0.2) is 30.9 Å². The third-order valence-corrected chi connectivity index (χ3v) is 4.36. The standard InChI is InChI=1S/C17H27NO2/c1-13(11-14-7-4-6-10-17(14)20-2)18-16-9-5-3-8-15(16)12-19/h4,6-7,10,13,15-16,18-19H,3,5,8-9,11-12H2,1-2H3. The SMILES string of the molecule is COc1ccccc1CC(C)NC1CCCCC1CO. The first kappa shape index (κ1) is 15.3. The van der Waals surface area contributed by atoms with Crippen LogP contribution in [0.5, 0.6) is 5.75 Å². The number of ether oxygens (including phenoxy) is 1. The zero-order chi connectivity index (χ0) is 14.4. The molecule has 3 heteroatoms. The van der Waals surface area contributed by atoms with Gasteiger partial charge >= 0.3 is 0 Å². The lowest BCUT2D eigenvalue weighted by Crippen LogP contribution is -2.45. The Morgan fingerprint density at radius 2 is 2.05 bits per heavy atom. The maximum atomic E-state index is 9.49. The van der Waals surface area contributed by atoms with Gasteiger partial charge in [-0.3, -0.25) is 0 Å². The summed E-state index contributed by atoms with van der Waals surface area (Å²) in [5, 5.41) is 13.2. The van der Waals surface area contributed by atoms with E-state index in [1.165, 1.54) is 24.8 Å². The Morgan fingerprint density at radius 1 is 1.30 bits per heavy atom. The van der Waals surface area contributed by atoms with E-state index in [1.54, 1.807) is 7.11 Å². The van der Waals surface area contributed by atoms with Crippen molar-refractivity contribution >= 4 is 0 Å². The van der Waals surface area contributed by atoms with E-state index in [2.05, 4.69) is 24.4 Å². The predicted molar refractivity (Wildman–Crippen MR) is 82.1 cm³/mol.